The Labute approximate surface area is 262 Å². The molecule has 1 saturated heterocycles. The summed E-state index contributed by atoms with van der Waals surface area (Å²) in [5.41, 5.74) is 0.949. The van der Waals surface area contributed by atoms with E-state index in [2.05, 4.69) is 12.2 Å². The highest BCUT2D eigenvalue weighted by atomic mass is 16.6. The molecule has 3 amide bonds. The van der Waals surface area contributed by atoms with Crippen molar-refractivity contribution in [2.24, 2.45) is 0 Å². The average molecular weight is 608 g/mol. The first-order valence-corrected chi connectivity index (χ1v) is 15.9. The molecule has 1 N–H and O–H groups in total. The summed E-state index contributed by atoms with van der Waals surface area (Å²) in [7, 11) is 0. The van der Waals surface area contributed by atoms with Gasteiger partial charge in [-0.1, -0.05) is 106 Å². The van der Waals surface area contributed by atoms with E-state index in [9.17, 15) is 19.2 Å². The molecule has 0 aliphatic carbocycles. The number of rotatable bonds is 16. The molecule has 0 radical (unpaired) electrons. The van der Waals surface area contributed by atoms with Crippen LogP contribution in [0, 0.1) is 0 Å². The van der Waals surface area contributed by atoms with Gasteiger partial charge in [-0.25, -0.2) is 14.5 Å². The number of nitrogens with one attached hydrogen (secondary N) is 1. The molecule has 0 bridgehead atoms. The minimum absolute atomic E-state index is 0.0153. The van der Waals surface area contributed by atoms with Gasteiger partial charge in [0.15, 0.2) is 6.04 Å². The van der Waals surface area contributed by atoms with Gasteiger partial charge < -0.3 is 14.4 Å². The van der Waals surface area contributed by atoms with Crippen LogP contribution in [0.1, 0.15) is 90.7 Å². The maximum atomic E-state index is 13.9. The second-order valence-electron chi connectivity index (χ2n) is 12.5. The quantitative estimate of drug-likeness (QED) is 0.184. The standard InChI is InChI=1S/C35H49N3O6/c1-6-7-8-9-10-17-22-29(32(40)43-25-28-20-15-12-16-21-28)36-26(2)31(39)38-30(33(41)44-35(3,4)5)24-37(34(38)42)23-27-18-13-11-14-19-27/h11-16,18-21,26,29-30,36H,6-10,17,22-25H2,1-5H3/t26-,29-,30-/m0/s1. The largest absolute Gasteiger partial charge is 0.460 e. The molecule has 1 fully saturated rings. The van der Waals surface area contributed by atoms with Crippen molar-refractivity contribution in [2.75, 3.05) is 6.54 Å². The lowest BCUT2D eigenvalue weighted by Gasteiger charge is -2.28. The van der Waals surface area contributed by atoms with Gasteiger partial charge in [0.1, 0.15) is 18.2 Å². The lowest BCUT2D eigenvalue weighted by atomic mass is 10.0. The Morgan fingerprint density at radius 3 is 2.11 bits per heavy atom. The number of hydrogen-bond acceptors (Lipinski definition) is 7. The van der Waals surface area contributed by atoms with Gasteiger partial charge in [-0.2, -0.15) is 0 Å². The normalized spacial score (nSPS) is 16.5. The summed E-state index contributed by atoms with van der Waals surface area (Å²) in [6, 6.07) is 15.5. The first-order valence-electron chi connectivity index (χ1n) is 15.9. The van der Waals surface area contributed by atoms with E-state index in [0.717, 1.165) is 48.1 Å². The fourth-order valence-electron chi connectivity index (χ4n) is 5.20. The number of hydrogen-bond donors (Lipinski definition) is 1. The molecule has 3 rings (SSSR count). The van der Waals surface area contributed by atoms with Gasteiger partial charge in [-0.3, -0.25) is 14.9 Å². The minimum Gasteiger partial charge on any atom is -0.460 e. The van der Waals surface area contributed by atoms with Gasteiger partial charge in [0, 0.05) is 6.54 Å². The van der Waals surface area contributed by atoms with Crippen LogP contribution in [-0.2, 0) is 37.0 Å². The molecule has 44 heavy (non-hydrogen) atoms. The van der Waals surface area contributed by atoms with Crippen LogP contribution in [0.25, 0.3) is 0 Å². The van der Waals surface area contributed by atoms with Crippen molar-refractivity contribution in [3.05, 3.63) is 71.8 Å². The summed E-state index contributed by atoms with van der Waals surface area (Å²) in [6.07, 6.45) is 6.79. The molecular weight excluding hydrogens is 558 g/mol. The number of urea groups is 1. The zero-order valence-corrected chi connectivity index (χ0v) is 26.9. The van der Waals surface area contributed by atoms with Crippen molar-refractivity contribution in [2.45, 2.75) is 116 Å². The molecule has 0 aromatic heterocycles. The predicted octanol–water partition coefficient (Wildman–Crippen LogP) is 6.00. The van der Waals surface area contributed by atoms with Gasteiger partial charge in [0.2, 0.25) is 5.91 Å². The molecule has 1 aliphatic rings. The Balaban J connectivity index is 1.75. The summed E-state index contributed by atoms with van der Waals surface area (Å²) in [5, 5.41) is 3.14. The number of esters is 2. The Morgan fingerprint density at radius 1 is 0.909 bits per heavy atom. The van der Waals surface area contributed by atoms with Crippen molar-refractivity contribution in [3.8, 4) is 0 Å². The maximum absolute atomic E-state index is 13.9. The lowest BCUT2D eigenvalue weighted by molar-refractivity contribution is -0.162. The molecule has 0 saturated carbocycles. The third-order valence-corrected chi connectivity index (χ3v) is 7.49. The Hall–Kier alpha value is -3.72. The number of amides is 3. The number of carbonyl (C=O) groups is 4. The van der Waals surface area contributed by atoms with E-state index in [0.29, 0.717) is 6.42 Å². The Kier molecular flexibility index (Phi) is 13.4. The van der Waals surface area contributed by atoms with Gasteiger partial charge in [0.05, 0.1) is 12.6 Å². The van der Waals surface area contributed by atoms with Crippen molar-refractivity contribution in [1.29, 1.82) is 0 Å². The summed E-state index contributed by atoms with van der Waals surface area (Å²) < 4.78 is 11.2. The summed E-state index contributed by atoms with van der Waals surface area (Å²) >= 11 is 0. The van der Waals surface area contributed by atoms with Crippen LogP contribution in [0.3, 0.4) is 0 Å². The first-order chi connectivity index (χ1) is 21.0. The van der Waals surface area contributed by atoms with Crippen molar-refractivity contribution < 1.29 is 28.7 Å². The van der Waals surface area contributed by atoms with Gasteiger partial charge in [-0.15, -0.1) is 0 Å². The van der Waals surface area contributed by atoms with Crippen molar-refractivity contribution >= 4 is 23.9 Å². The highest BCUT2D eigenvalue weighted by Gasteiger charge is 2.48. The van der Waals surface area contributed by atoms with Crippen LogP contribution in [0.4, 0.5) is 4.79 Å². The first kappa shape index (κ1) is 34.8. The number of imide groups is 1. The third-order valence-electron chi connectivity index (χ3n) is 7.49. The molecule has 1 heterocycles. The molecule has 1 aliphatic heterocycles. The highest BCUT2D eigenvalue weighted by Crippen LogP contribution is 2.23. The zero-order chi connectivity index (χ0) is 32.1. The van der Waals surface area contributed by atoms with Crippen molar-refractivity contribution in [3.63, 3.8) is 0 Å². The monoisotopic (exact) mass is 607 g/mol. The molecule has 240 valence electrons. The van der Waals surface area contributed by atoms with Gasteiger partial charge in [-0.05, 0) is 45.2 Å². The molecule has 0 unspecified atom stereocenters. The molecule has 2 aromatic carbocycles. The molecule has 3 atom stereocenters. The number of ether oxygens (including phenoxy) is 2. The van der Waals surface area contributed by atoms with Crippen LogP contribution in [0.2, 0.25) is 0 Å². The van der Waals surface area contributed by atoms with Gasteiger partial charge in [0.25, 0.3) is 0 Å². The topological polar surface area (TPSA) is 105 Å². The van der Waals surface area contributed by atoms with Crippen LogP contribution in [0.5, 0.6) is 0 Å². The van der Waals surface area contributed by atoms with E-state index in [1.165, 1.54) is 11.3 Å². The minimum atomic E-state index is -1.11. The Morgan fingerprint density at radius 2 is 1.50 bits per heavy atom. The van der Waals surface area contributed by atoms with E-state index >= 15 is 0 Å². The summed E-state index contributed by atoms with van der Waals surface area (Å²) in [5.74, 6) is -1.69. The van der Waals surface area contributed by atoms with Crippen LogP contribution < -0.4 is 5.32 Å². The van der Waals surface area contributed by atoms with Gasteiger partial charge >= 0.3 is 18.0 Å². The van der Waals surface area contributed by atoms with E-state index in [-0.39, 0.29) is 19.7 Å². The number of benzene rings is 2. The molecular formula is C35H49N3O6. The maximum Gasteiger partial charge on any atom is 0.331 e. The molecule has 0 spiro atoms. The second-order valence-corrected chi connectivity index (χ2v) is 12.5. The molecule has 2 aromatic rings. The van der Waals surface area contributed by atoms with E-state index in [1.54, 1.807) is 27.7 Å². The SMILES string of the molecule is CCCCCCCC[C@H](N[C@@H](C)C(=O)N1C(=O)N(Cc2ccccc2)C[C@H]1C(=O)OC(C)(C)C)C(=O)OCc1ccccc1. The van der Waals surface area contributed by atoms with E-state index in [4.69, 9.17) is 9.47 Å². The fourth-order valence-corrected chi connectivity index (χ4v) is 5.20. The number of nitrogens with zero attached hydrogens (tertiary/aromatic N) is 2. The fraction of sp³-hybridized carbons (Fsp3) is 0.543. The third kappa shape index (κ3) is 10.8. The number of carbonyl (C=O) groups excluding carboxylic acids is 4. The lowest BCUT2D eigenvalue weighted by Crippen LogP contribution is -2.55. The smallest absolute Gasteiger partial charge is 0.331 e. The summed E-state index contributed by atoms with van der Waals surface area (Å²) in [6.45, 7) is 9.39. The van der Waals surface area contributed by atoms with E-state index < -0.39 is 47.6 Å². The zero-order valence-electron chi connectivity index (χ0n) is 26.9. The second kappa shape index (κ2) is 16.9. The summed E-state index contributed by atoms with van der Waals surface area (Å²) in [4.78, 5) is 56.5. The number of unbranched alkanes of at least 4 members (excludes halogenated alkanes) is 5. The van der Waals surface area contributed by atoms with Crippen LogP contribution in [0.15, 0.2) is 60.7 Å². The Bertz CT molecular complexity index is 1210. The predicted molar refractivity (Wildman–Crippen MR) is 169 cm³/mol. The highest BCUT2D eigenvalue weighted by molar-refractivity contribution is 6.03. The van der Waals surface area contributed by atoms with E-state index in [1.807, 2.05) is 60.7 Å². The van der Waals surface area contributed by atoms with Crippen LogP contribution >= 0.6 is 0 Å². The molecule has 9 nitrogen and oxygen atoms in total. The molecule has 9 heteroatoms. The average Bonchev–Trinajstić information content (AvgIpc) is 3.32. The van der Waals surface area contributed by atoms with Crippen molar-refractivity contribution in [1.82, 2.24) is 15.1 Å². The van der Waals surface area contributed by atoms with Crippen LogP contribution in [-0.4, -0.2) is 63.9 Å².